The van der Waals surface area contributed by atoms with Crippen molar-refractivity contribution < 1.29 is 14.2 Å². The third kappa shape index (κ3) is 2.82. The molecule has 1 atom stereocenters. The van der Waals surface area contributed by atoms with Crippen molar-refractivity contribution in [2.24, 2.45) is 0 Å². The lowest BCUT2D eigenvalue weighted by Crippen LogP contribution is -2.31. The summed E-state index contributed by atoms with van der Waals surface area (Å²) in [7, 11) is 5.10. The Morgan fingerprint density at radius 3 is 2.38 bits per heavy atom. The van der Waals surface area contributed by atoms with E-state index in [0.29, 0.717) is 0 Å². The molecule has 0 bridgehead atoms. The number of rotatable bonds is 5. The monoisotopic (exact) mass is 327 g/mol. The van der Waals surface area contributed by atoms with Gasteiger partial charge in [-0.15, -0.1) is 0 Å². The Kier molecular flexibility index (Phi) is 4.95. The molecule has 0 saturated heterocycles. The third-order valence-electron chi connectivity index (χ3n) is 4.73. The van der Waals surface area contributed by atoms with Crippen LogP contribution in [0.4, 0.5) is 0 Å². The molecular weight excluding hydrogens is 302 g/mol. The van der Waals surface area contributed by atoms with E-state index >= 15 is 0 Å². The lowest BCUT2D eigenvalue weighted by atomic mass is 9.87. The normalized spacial score (nSPS) is 16.4. The van der Waals surface area contributed by atoms with Gasteiger partial charge in [-0.3, -0.25) is 0 Å². The maximum absolute atomic E-state index is 5.64. The van der Waals surface area contributed by atoms with E-state index in [0.717, 1.165) is 36.6 Å². The van der Waals surface area contributed by atoms with Crippen molar-refractivity contribution in [1.29, 1.82) is 0 Å². The molecule has 0 amide bonds. The molecule has 0 saturated carbocycles. The first-order chi connectivity index (χ1) is 11.7. The zero-order chi connectivity index (χ0) is 17.1. The fourth-order valence-corrected chi connectivity index (χ4v) is 3.49. The van der Waals surface area contributed by atoms with Crippen LogP contribution in [0.1, 0.15) is 35.2 Å². The lowest BCUT2D eigenvalue weighted by molar-refractivity contribution is 0.348. The van der Waals surface area contributed by atoms with E-state index in [1.165, 1.54) is 22.3 Å². The Morgan fingerprint density at radius 1 is 0.958 bits per heavy atom. The molecule has 0 spiro atoms. The standard InChI is InChI=1S/C20H25NO3/c1-5-13-6-8-17(22-2)16(12-13)19-14-7-9-18(23-3)20(24-4)15(14)10-11-21-19/h6-9,12,19,21H,5,10-11H2,1-4H3. The van der Waals surface area contributed by atoms with Gasteiger partial charge in [0, 0.05) is 17.7 Å². The van der Waals surface area contributed by atoms with Gasteiger partial charge in [-0.25, -0.2) is 0 Å². The maximum Gasteiger partial charge on any atom is 0.164 e. The van der Waals surface area contributed by atoms with Crippen molar-refractivity contribution in [1.82, 2.24) is 5.32 Å². The van der Waals surface area contributed by atoms with Gasteiger partial charge in [0.1, 0.15) is 5.75 Å². The van der Waals surface area contributed by atoms with E-state index in [-0.39, 0.29) is 6.04 Å². The molecule has 24 heavy (non-hydrogen) atoms. The van der Waals surface area contributed by atoms with Gasteiger partial charge in [0.05, 0.1) is 27.4 Å². The van der Waals surface area contributed by atoms with Gasteiger partial charge >= 0.3 is 0 Å². The molecule has 1 aliphatic heterocycles. The van der Waals surface area contributed by atoms with Gasteiger partial charge in [0.2, 0.25) is 0 Å². The predicted molar refractivity (Wildman–Crippen MR) is 95.5 cm³/mol. The van der Waals surface area contributed by atoms with Crippen LogP contribution < -0.4 is 19.5 Å². The van der Waals surface area contributed by atoms with E-state index < -0.39 is 0 Å². The van der Waals surface area contributed by atoms with E-state index in [9.17, 15) is 0 Å². The van der Waals surface area contributed by atoms with Crippen molar-refractivity contribution >= 4 is 0 Å². The summed E-state index contributed by atoms with van der Waals surface area (Å²) >= 11 is 0. The van der Waals surface area contributed by atoms with Crippen LogP contribution >= 0.6 is 0 Å². The molecule has 1 heterocycles. The highest BCUT2D eigenvalue weighted by atomic mass is 16.5. The zero-order valence-electron chi connectivity index (χ0n) is 14.8. The minimum absolute atomic E-state index is 0.0926. The lowest BCUT2D eigenvalue weighted by Gasteiger charge is -2.30. The van der Waals surface area contributed by atoms with Crippen LogP contribution in [0.25, 0.3) is 0 Å². The van der Waals surface area contributed by atoms with E-state index in [4.69, 9.17) is 14.2 Å². The van der Waals surface area contributed by atoms with Crippen LogP contribution in [-0.4, -0.2) is 27.9 Å². The smallest absolute Gasteiger partial charge is 0.164 e. The molecule has 0 fully saturated rings. The second-order valence-corrected chi connectivity index (χ2v) is 5.94. The Bertz CT molecular complexity index is 727. The molecule has 0 aliphatic carbocycles. The van der Waals surface area contributed by atoms with Crippen molar-refractivity contribution in [3.8, 4) is 17.2 Å². The first-order valence-electron chi connectivity index (χ1n) is 8.37. The molecule has 2 aromatic carbocycles. The SMILES string of the molecule is CCc1ccc(OC)c(C2NCCc3c2ccc(OC)c3OC)c1. The summed E-state index contributed by atoms with van der Waals surface area (Å²) in [6.07, 6.45) is 1.92. The molecule has 0 aromatic heterocycles. The van der Waals surface area contributed by atoms with E-state index in [1.54, 1.807) is 21.3 Å². The quantitative estimate of drug-likeness (QED) is 0.912. The first kappa shape index (κ1) is 16.7. The van der Waals surface area contributed by atoms with Crippen molar-refractivity contribution in [3.63, 3.8) is 0 Å². The minimum Gasteiger partial charge on any atom is -0.496 e. The van der Waals surface area contributed by atoms with Gasteiger partial charge < -0.3 is 19.5 Å². The van der Waals surface area contributed by atoms with Gasteiger partial charge in [-0.2, -0.15) is 0 Å². The molecular formula is C20H25NO3. The fraction of sp³-hybridized carbons (Fsp3) is 0.400. The summed E-state index contributed by atoms with van der Waals surface area (Å²) in [4.78, 5) is 0. The van der Waals surface area contributed by atoms with E-state index in [1.807, 2.05) is 6.07 Å². The number of hydrogen-bond donors (Lipinski definition) is 1. The molecule has 1 aliphatic rings. The Morgan fingerprint density at radius 2 is 1.71 bits per heavy atom. The number of ether oxygens (including phenoxy) is 3. The van der Waals surface area contributed by atoms with Crippen LogP contribution in [0.15, 0.2) is 30.3 Å². The summed E-state index contributed by atoms with van der Waals surface area (Å²) in [6.45, 7) is 3.06. The number of aryl methyl sites for hydroxylation is 1. The molecule has 128 valence electrons. The number of nitrogens with one attached hydrogen (secondary N) is 1. The highest BCUT2D eigenvalue weighted by Gasteiger charge is 2.27. The summed E-state index contributed by atoms with van der Waals surface area (Å²) in [5.74, 6) is 2.53. The minimum atomic E-state index is 0.0926. The highest BCUT2D eigenvalue weighted by molar-refractivity contribution is 5.56. The summed E-state index contributed by atoms with van der Waals surface area (Å²) in [5, 5.41) is 3.63. The third-order valence-corrected chi connectivity index (χ3v) is 4.73. The molecule has 4 heteroatoms. The largest absolute Gasteiger partial charge is 0.496 e. The van der Waals surface area contributed by atoms with Crippen LogP contribution in [0, 0.1) is 0 Å². The zero-order valence-corrected chi connectivity index (χ0v) is 14.8. The first-order valence-corrected chi connectivity index (χ1v) is 8.37. The Labute approximate surface area is 143 Å². The van der Waals surface area contributed by atoms with Gasteiger partial charge in [0.15, 0.2) is 11.5 Å². The second-order valence-electron chi connectivity index (χ2n) is 5.94. The van der Waals surface area contributed by atoms with Crippen LogP contribution in [0.5, 0.6) is 17.2 Å². The number of fused-ring (bicyclic) bond motifs is 1. The van der Waals surface area contributed by atoms with Crippen LogP contribution in [0.2, 0.25) is 0 Å². The average molecular weight is 327 g/mol. The highest BCUT2D eigenvalue weighted by Crippen LogP contribution is 2.41. The molecule has 3 rings (SSSR count). The number of methoxy groups -OCH3 is 3. The van der Waals surface area contributed by atoms with Crippen LogP contribution in [0.3, 0.4) is 0 Å². The van der Waals surface area contributed by atoms with Crippen molar-refractivity contribution in [2.45, 2.75) is 25.8 Å². The average Bonchev–Trinajstić information content (AvgIpc) is 2.65. The molecule has 2 aromatic rings. The number of hydrogen-bond acceptors (Lipinski definition) is 4. The van der Waals surface area contributed by atoms with Crippen molar-refractivity contribution in [3.05, 3.63) is 52.6 Å². The molecule has 0 radical (unpaired) electrons. The molecule has 4 nitrogen and oxygen atoms in total. The maximum atomic E-state index is 5.64. The van der Waals surface area contributed by atoms with Crippen molar-refractivity contribution in [2.75, 3.05) is 27.9 Å². The summed E-state index contributed by atoms with van der Waals surface area (Å²) < 4.78 is 16.7. The van der Waals surface area contributed by atoms with E-state index in [2.05, 4.69) is 36.5 Å². The predicted octanol–water partition coefficient (Wildman–Crippen LogP) is 3.51. The van der Waals surface area contributed by atoms with Gasteiger partial charge in [-0.1, -0.05) is 25.1 Å². The van der Waals surface area contributed by atoms with Gasteiger partial charge in [-0.05, 0) is 36.1 Å². The Hall–Kier alpha value is -2.20. The second kappa shape index (κ2) is 7.14. The molecule has 1 N–H and O–H groups in total. The number of benzene rings is 2. The topological polar surface area (TPSA) is 39.7 Å². The summed E-state index contributed by atoms with van der Waals surface area (Å²) in [6, 6.07) is 10.6. The van der Waals surface area contributed by atoms with Crippen LogP contribution in [-0.2, 0) is 12.8 Å². The Balaban J connectivity index is 2.14. The molecule has 1 unspecified atom stereocenters. The van der Waals surface area contributed by atoms with Gasteiger partial charge in [0.25, 0.3) is 0 Å². The summed E-state index contributed by atoms with van der Waals surface area (Å²) in [5.41, 5.74) is 4.92. The fourth-order valence-electron chi connectivity index (χ4n) is 3.49.